The zero-order valence-corrected chi connectivity index (χ0v) is 19.4. The van der Waals surface area contributed by atoms with Crippen molar-refractivity contribution in [3.63, 3.8) is 0 Å². The Hall–Kier alpha value is -1.83. The highest BCUT2D eigenvalue weighted by Gasteiger charge is 2.37. The van der Waals surface area contributed by atoms with E-state index in [1.165, 1.54) is 12.8 Å². The minimum atomic E-state index is -0.0905. The van der Waals surface area contributed by atoms with Crippen molar-refractivity contribution in [1.29, 1.82) is 0 Å². The summed E-state index contributed by atoms with van der Waals surface area (Å²) in [5.74, 6) is 1.16. The summed E-state index contributed by atoms with van der Waals surface area (Å²) in [5, 5.41) is 3.77. The average Bonchev–Trinajstić information content (AvgIpc) is 3.28. The first-order chi connectivity index (χ1) is 14.9. The van der Waals surface area contributed by atoms with Crippen molar-refractivity contribution in [2.45, 2.75) is 31.7 Å². The number of benzene rings is 1. The fourth-order valence-electron chi connectivity index (χ4n) is 4.48. The van der Waals surface area contributed by atoms with Crippen LogP contribution in [0.15, 0.2) is 24.3 Å². The quantitative estimate of drug-likeness (QED) is 0.624. The second-order valence-corrected chi connectivity index (χ2v) is 9.18. The minimum absolute atomic E-state index is 0.0126. The first kappa shape index (κ1) is 23.8. The number of piperazine rings is 1. The third-order valence-electron chi connectivity index (χ3n) is 6.21. The molecule has 2 fully saturated rings. The van der Waals surface area contributed by atoms with E-state index >= 15 is 0 Å². The molecule has 1 heterocycles. The summed E-state index contributed by atoms with van der Waals surface area (Å²) in [6.07, 6.45) is 4.62. The summed E-state index contributed by atoms with van der Waals surface area (Å²) in [5.41, 5.74) is 0. The van der Waals surface area contributed by atoms with Crippen LogP contribution in [-0.4, -0.2) is 92.5 Å². The standard InChI is InChI=1S/C23H35ClN4O3/c1-26(2)12-11-25-23(30)22(18-5-3-4-6-18)28-15-13-27(14-16-28)21(29)17-31-20-9-7-19(24)8-10-20/h7-10,18,22H,3-6,11-17H2,1-2H3,(H,25,30). The molecule has 1 unspecified atom stereocenters. The van der Waals surface area contributed by atoms with Gasteiger partial charge in [-0.15, -0.1) is 0 Å². The molecule has 1 aliphatic carbocycles. The molecule has 1 saturated heterocycles. The van der Waals surface area contributed by atoms with Gasteiger partial charge < -0.3 is 19.9 Å². The Kier molecular flexibility index (Phi) is 8.99. The maximum atomic E-state index is 13.0. The molecule has 2 amide bonds. The molecule has 0 radical (unpaired) electrons. The second-order valence-electron chi connectivity index (χ2n) is 8.74. The zero-order chi connectivity index (χ0) is 22.2. The fourth-order valence-corrected chi connectivity index (χ4v) is 4.60. The number of ether oxygens (including phenoxy) is 1. The molecular formula is C23H35ClN4O3. The maximum Gasteiger partial charge on any atom is 0.260 e. The smallest absolute Gasteiger partial charge is 0.260 e. The van der Waals surface area contributed by atoms with Gasteiger partial charge in [0.05, 0.1) is 6.04 Å². The molecule has 7 nitrogen and oxygen atoms in total. The lowest BCUT2D eigenvalue weighted by Crippen LogP contribution is -2.58. The summed E-state index contributed by atoms with van der Waals surface area (Å²) in [6.45, 7) is 4.19. The van der Waals surface area contributed by atoms with Gasteiger partial charge in [0.2, 0.25) is 5.91 Å². The molecule has 1 aromatic rings. The minimum Gasteiger partial charge on any atom is -0.484 e. The summed E-state index contributed by atoms with van der Waals surface area (Å²) < 4.78 is 5.60. The van der Waals surface area contributed by atoms with Crippen LogP contribution in [0.2, 0.25) is 5.02 Å². The third kappa shape index (κ3) is 7.09. The number of carbonyl (C=O) groups is 2. The maximum absolute atomic E-state index is 13.0. The van der Waals surface area contributed by atoms with Gasteiger partial charge in [-0.25, -0.2) is 0 Å². The normalized spacial score (nSPS) is 18.9. The van der Waals surface area contributed by atoms with E-state index in [-0.39, 0.29) is 24.5 Å². The van der Waals surface area contributed by atoms with Crippen LogP contribution in [0.3, 0.4) is 0 Å². The summed E-state index contributed by atoms with van der Waals surface area (Å²) in [6, 6.07) is 6.91. The molecule has 1 saturated carbocycles. The van der Waals surface area contributed by atoms with E-state index in [0.717, 1.165) is 32.5 Å². The van der Waals surface area contributed by atoms with Gasteiger partial charge in [0, 0.05) is 44.3 Å². The second kappa shape index (κ2) is 11.7. The molecule has 3 rings (SSSR count). The summed E-state index contributed by atoms with van der Waals surface area (Å²) >= 11 is 5.88. The first-order valence-electron chi connectivity index (χ1n) is 11.3. The number of rotatable bonds is 9. The molecule has 0 aromatic heterocycles. The number of hydrogen-bond donors (Lipinski definition) is 1. The predicted octanol–water partition coefficient (Wildman–Crippen LogP) is 2.10. The molecule has 0 bridgehead atoms. The molecule has 1 aromatic carbocycles. The van der Waals surface area contributed by atoms with Gasteiger partial charge in [0.1, 0.15) is 5.75 Å². The van der Waals surface area contributed by atoms with E-state index in [1.807, 2.05) is 19.0 Å². The SMILES string of the molecule is CN(C)CCNC(=O)C(C1CCCC1)N1CCN(C(=O)COc2ccc(Cl)cc2)CC1. The van der Waals surface area contributed by atoms with Crippen LogP contribution in [0.25, 0.3) is 0 Å². The van der Waals surface area contributed by atoms with Gasteiger partial charge in [-0.2, -0.15) is 0 Å². The van der Waals surface area contributed by atoms with Crippen LogP contribution in [0, 0.1) is 5.92 Å². The lowest BCUT2D eigenvalue weighted by Gasteiger charge is -2.40. The highest BCUT2D eigenvalue weighted by Crippen LogP contribution is 2.31. The van der Waals surface area contributed by atoms with Crippen molar-refractivity contribution in [3.8, 4) is 5.75 Å². The zero-order valence-electron chi connectivity index (χ0n) is 18.7. The summed E-state index contributed by atoms with van der Waals surface area (Å²) in [4.78, 5) is 31.8. The molecule has 172 valence electrons. The van der Waals surface area contributed by atoms with E-state index in [0.29, 0.717) is 36.3 Å². The van der Waals surface area contributed by atoms with Gasteiger partial charge in [0.15, 0.2) is 6.61 Å². The van der Waals surface area contributed by atoms with E-state index in [4.69, 9.17) is 16.3 Å². The van der Waals surface area contributed by atoms with Gasteiger partial charge in [-0.1, -0.05) is 24.4 Å². The van der Waals surface area contributed by atoms with Crippen molar-refractivity contribution < 1.29 is 14.3 Å². The van der Waals surface area contributed by atoms with Crippen molar-refractivity contribution in [2.24, 2.45) is 5.92 Å². The van der Waals surface area contributed by atoms with Crippen LogP contribution in [-0.2, 0) is 9.59 Å². The lowest BCUT2D eigenvalue weighted by atomic mass is 9.95. The van der Waals surface area contributed by atoms with Gasteiger partial charge in [-0.05, 0) is 57.1 Å². The monoisotopic (exact) mass is 450 g/mol. The number of halogens is 1. The molecular weight excluding hydrogens is 416 g/mol. The Bertz CT molecular complexity index is 714. The predicted molar refractivity (Wildman–Crippen MR) is 122 cm³/mol. The number of nitrogens with zero attached hydrogens (tertiary/aromatic N) is 3. The van der Waals surface area contributed by atoms with Crippen molar-refractivity contribution in [3.05, 3.63) is 29.3 Å². The van der Waals surface area contributed by atoms with Gasteiger partial charge in [-0.3, -0.25) is 14.5 Å². The topological polar surface area (TPSA) is 65.1 Å². The molecule has 1 N–H and O–H groups in total. The third-order valence-corrected chi connectivity index (χ3v) is 6.46. The van der Waals surface area contributed by atoms with Crippen molar-refractivity contribution in [1.82, 2.24) is 20.0 Å². The number of likely N-dealkylation sites (N-methyl/N-ethyl adjacent to an activating group) is 1. The molecule has 1 atom stereocenters. The van der Waals surface area contributed by atoms with E-state index in [1.54, 1.807) is 24.3 Å². The number of amides is 2. The molecule has 8 heteroatoms. The Labute approximate surface area is 190 Å². The van der Waals surface area contributed by atoms with Crippen molar-refractivity contribution in [2.75, 3.05) is 60.0 Å². The highest BCUT2D eigenvalue weighted by molar-refractivity contribution is 6.30. The molecule has 31 heavy (non-hydrogen) atoms. The Morgan fingerprint density at radius 2 is 1.77 bits per heavy atom. The average molecular weight is 451 g/mol. The Balaban J connectivity index is 1.50. The van der Waals surface area contributed by atoms with Gasteiger partial charge >= 0.3 is 0 Å². The van der Waals surface area contributed by atoms with Crippen LogP contribution in [0.4, 0.5) is 0 Å². The first-order valence-corrected chi connectivity index (χ1v) is 11.6. The largest absolute Gasteiger partial charge is 0.484 e. The highest BCUT2D eigenvalue weighted by atomic mass is 35.5. The van der Waals surface area contributed by atoms with Crippen LogP contribution in [0.1, 0.15) is 25.7 Å². The molecule has 2 aliphatic rings. The van der Waals surface area contributed by atoms with Gasteiger partial charge in [0.25, 0.3) is 5.91 Å². The number of hydrogen-bond acceptors (Lipinski definition) is 5. The number of carbonyl (C=O) groups excluding carboxylic acids is 2. The molecule has 1 aliphatic heterocycles. The Morgan fingerprint density at radius 3 is 2.39 bits per heavy atom. The van der Waals surface area contributed by atoms with Crippen LogP contribution < -0.4 is 10.1 Å². The lowest BCUT2D eigenvalue weighted by molar-refractivity contribution is -0.137. The van der Waals surface area contributed by atoms with Crippen LogP contribution >= 0.6 is 11.6 Å². The fraction of sp³-hybridized carbons (Fsp3) is 0.652. The summed E-state index contributed by atoms with van der Waals surface area (Å²) in [7, 11) is 4.01. The molecule has 0 spiro atoms. The van der Waals surface area contributed by atoms with Crippen LogP contribution in [0.5, 0.6) is 5.75 Å². The number of nitrogens with one attached hydrogen (secondary N) is 1. The van der Waals surface area contributed by atoms with E-state index < -0.39 is 0 Å². The van der Waals surface area contributed by atoms with Crippen molar-refractivity contribution >= 4 is 23.4 Å². The Morgan fingerprint density at radius 1 is 1.13 bits per heavy atom. The van der Waals surface area contributed by atoms with E-state index in [2.05, 4.69) is 15.1 Å². The van der Waals surface area contributed by atoms with E-state index in [9.17, 15) is 9.59 Å².